The SMILES string of the molecule is CC(C)O/N=C(\C(=O)NC1C(=O)N2C(C(=O)OC(c3ccccc3)c3ccccc3)=C(CI)CS[C@H]12)c1csc(NC(c2ccccc2)(c2ccccc2)c2ccccc2)n1. The van der Waals surface area contributed by atoms with Crippen molar-refractivity contribution in [3.8, 4) is 0 Å². The number of alkyl halides is 1. The first-order valence-electron chi connectivity index (χ1n) is 19.8. The van der Waals surface area contributed by atoms with Gasteiger partial charge in [0.1, 0.15) is 34.4 Å². The number of rotatable bonds is 15. The number of nitrogens with one attached hydrogen (secondary N) is 2. The van der Waals surface area contributed by atoms with Gasteiger partial charge in [0.2, 0.25) is 0 Å². The zero-order chi connectivity index (χ0) is 42.3. The zero-order valence-electron chi connectivity index (χ0n) is 33.3. The summed E-state index contributed by atoms with van der Waals surface area (Å²) in [4.78, 5) is 54.6. The Kier molecular flexibility index (Phi) is 13.0. The summed E-state index contributed by atoms with van der Waals surface area (Å²) in [7, 11) is 0. The van der Waals surface area contributed by atoms with Crippen LogP contribution in [0, 0.1) is 0 Å². The molecule has 0 bridgehead atoms. The van der Waals surface area contributed by atoms with Crippen LogP contribution in [0.15, 0.2) is 173 Å². The number of hydrogen-bond acceptors (Lipinski definition) is 10. The number of esters is 1. The van der Waals surface area contributed by atoms with Crippen molar-refractivity contribution in [3.63, 3.8) is 0 Å². The summed E-state index contributed by atoms with van der Waals surface area (Å²) in [6.45, 7) is 3.62. The number of thioether (sulfide) groups is 1. The number of carbonyl (C=O) groups excluding carboxylic acids is 3. The fraction of sp³-hybridized carbons (Fsp3) is 0.188. The summed E-state index contributed by atoms with van der Waals surface area (Å²) in [6.07, 6.45) is -1.02. The number of hydrogen-bond donors (Lipinski definition) is 2. The number of β-lactam (4-membered cyclic amide) rings is 1. The van der Waals surface area contributed by atoms with Gasteiger partial charge in [-0.05, 0) is 47.2 Å². The second kappa shape index (κ2) is 18.9. The Morgan fingerprint density at radius 1 is 0.820 bits per heavy atom. The molecule has 1 unspecified atom stereocenters. The topological polar surface area (TPSA) is 122 Å². The van der Waals surface area contributed by atoms with Gasteiger partial charge in [0.25, 0.3) is 11.8 Å². The summed E-state index contributed by atoms with van der Waals surface area (Å²) in [5, 5.41) is 12.7. The minimum atomic E-state index is -0.933. The van der Waals surface area contributed by atoms with Gasteiger partial charge in [-0.3, -0.25) is 14.5 Å². The normalized spacial score (nSPS) is 16.5. The molecule has 0 aliphatic carbocycles. The van der Waals surface area contributed by atoms with Crippen LogP contribution in [0.1, 0.15) is 53.5 Å². The molecular weight excluding hydrogens is 918 g/mol. The van der Waals surface area contributed by atoms with Crippen LogP contribution >= 0.6 is 45.7 Å². The van der Waals surface area contributed by atoms with E-state index in [1.165, 1.54) is 28.0 Å². The number of nitrogens with zero attached hydrogens (tertiary/aromatic N) is 3. The Labute approximate surface area is 376 Å². The number of halogens is 1. The van der Waals surface area contributed by atoms with Crippen molar-refractivity contribution >= 4 is 74.3 Å². The molecule has 13 heteroatoms. The molecule has 3 heterocycles. The van der Waals surface area contributed by atoms with E-state index in [1.54, 1.807) is 5.38 Å². The summed E-state index contributed by atoms with van der Waals surface area (Å²) >= 11 is 5.02. The molecule has 2 aliphatic heterocycles. The first kappa shape index (κ1) is 41.9. The van der Waals surface area contributed by atoms with Crippen molar-refractivity contribution < 1.29 is 24.0 Å². The first-order chi connectivity index (χ1) is 29.8. The van der Waals surface area contributed by atoms with E-state index in [-0.39, 0.29) is 23.2 Å². The molecule has 308 valence electrons. The van der Waals surface area contributed by atoms with E-state index in [0.717, 1.165) is 33.4 Å². The van der Waals surface area contributed by atoms with Crippen molar-refractivity contribution in [2.45, 2.75) is 43.0 Å². The van der Waals surface area contributed by atoms with Gasteiger partial charge in [0, 0.05) is 15.6 Å². The van der Waals surface area contributed by atoms with Gasteiger partial charge in [-0.1, -0.05) is 179 Å². The number of carbonyl (C=O) groups is 3. The van der Waals surface area contributed by atoms with Gasteiger partial charge in [0.15, 0.2) is 16.9 Å². The maximum Gasteiger partial charge on any atom is 0.356 e. The number of benzene rings is 5. The Morgan fingerprint density at radius 2 is 1.33 bits per heavy atom. The Bertz CT molecular complexity index is 2400. The van der Waals surface area contributed by atoms with Gasteiger partial charge < -0.3 is 20.2 Å². The quantitative estimate of drug-likeness (QED) is 0.0199. The van der Waals surface area contributed by atoms with Crippen LogP contribution in [0.2, 0.25) is 0 Å². The summed E-state index contributed by atoms with van der Waals surface area (Å²) in [5.74, 6) is -1.16. The van der Waals surface area contributed by atoms with Gasteiger partial charge in [-0.25, -0.2) is 9.78 Å². The van der Waals surface area contributed by atoms with Crippen LogP contribution in [0.25, 0.3) is 0 Å². The molecule has 0 spiro atoms. The molecule has 2 atom stereocenters. The van der Waals surface area contributed by atoms with E-state index in [1.807, 2.05) is 129 Å². The average Bonchev–Trinajstić information content (AvgIpc) is 3.77. The fourth-order valence-corrected chi connectivity index (χ4v) is 10.6. The number of fused-ring (bicyclic) bond motifs is 1. The second-order valence-electron chi connectivity index (χ2n) is 14.7. The van der Waals surface area contributed by atoms with Crippen LogP contribution in [0.5, 0.6) is 0 Å². The molecular formula is C48H42IN5O5S2. The van der Waals surface area contributed by atoms with E-state index in [9.17, 15) is 14.4 Å². The third kappa shape index (κ3) is 8.72. The monoisotopic (exact) mass is 959 g/mol. The van der Waals surface area contributed by atoms with Crippen LogP contribution in [0.3, 0.4) is 0 Å². The van der Waals surface area contributed by atoms with E-state index in [2.05, 4.69) is 74.8 Å². The number of anilines is 1. The van der Waals surface area contributed by atoms with E-state index in [4.69, 9.17) is 14.6 Å². The van der Waals surface area contributed by atoms with Gasteiger partial charge in [0.05, 0.1) is 0 Å². The minimum Gasteiger partial charge on any atom is -0.448 e. The third-order valence-electron chi connectivity index (χ3n) is 10.3. The van der Waals surface area contributed by atoms with Crippen molar-refractivity contribution in [1.82, 2.24) is 15.2 Å². The van der Waals surface area contributed by atoms with Gasteiger partial charge in [-0.15, -0.1) is 23.1 Å². The number of oxime groups is 1. The highest BCUT2D eigenvalue weighted by Gasteiger charge is 2.55. The number of amides is 2. The highest BCUT2D eigenvalue weighted by molar-refractivity contribution is 14.1. The van der Waals surface area contributed by atoms with Crippen molar-refractivity contribution in [1.29, 1.82) is 0 Å². The largest absolute Gasteiger partial charge is 0.448 e. The van der Waals surface area contributed by atoms with Crippen LogP contribution in [-0.2, 0) is 29.5 Å². The molecule has 6 aromatic rings. The molecule has 2 aliphatic rings. The van der Waals surface area contributed by atoms with E-state index in [0.29, 0.717) is 15.3 Å². The smallest absolute Gasteiger partial charge is 0.356 e. The third-order valence-corrected chi connectivity index (χ3v) is 13.4. The average molecular weight is 960 g/mol. The summed E-state index contributed by atoms with van der Waals surface area (Å²) in [6, 6.07) is 48.6. The molecule has 0 radical (unpaired) electrons. The fourth-order valence-electron chi connectivity index (χ4n) is 7.48. The molecule has 0 saturated carbocycles. The second-order valence-corrected chi connectivity index (χ2v) is 17.4. The molecule has 1 aromatic heterocycles. The first-order valence-corrected chi connectivity index (χ1v) is 23.2. The molecule has 5 aromatic carbocycles. The van der Waals surface area contributed by atoms with Crippen molar-refractivity contribution in [3.05, 3.63) is 202 Å². The number of ether oxygens (including phenoxy) is 1. The van der Waals surface area contributed by atoms with E-state index >= 15 is 0 Å². The maximum atomic E-state index is 14.3. The lowest BCUT2D eigenvalue weighted by Gasteiger charge is -2.49. The lowest BCUT2D eigenvalue weighted by Crippen LogP contribution is -2.71. The summed E-state index contributed by atoms with van der Waals surface area (Å²) in [5.41, 5.74) is 4.96. The molecule has 8 rings (SSSR count). The maximum absolute atomic E-state index is 14.3. The summed E-state index contributed by atoms with van der Waals surface area (Å²) < 4.78 is 6.77. The number of aromatic nitrogens is 1. The predicted molar refractivity (Wildman–Crippen MR) is 249 cm³/mol. The van der Waals surface area contributed by atoms with Crippen LogP contribution in [-0.4, -0.2) is 61.1 Å². The lowest BCUT2D eigenvalue weighted by atomic mass is 9.77. The Hall–Kier alpha value is -5.77. The lowest BCUT2D eigenvalue weighted by molar-refractivity contribution is -0.154. The molecule has 1 fully saturated rings. The van der Waals surface area contributed by atoms with Crippen LogP contribution < -0.4 is 10.6 Å². The Balaban J connectivity index is 1.05. The highest BCUT2D eigenvalue weighted by atomic mass is 127. The molecule has 1 saturated heterocycles. The van der Waals surface area contributed by atoms with Gasteiger partial charge in [-0.2, -0.15) is 0 Å². The van der Waals surface area contributed by atoms with Gasteiger partial charge >= 0.3 is 5.97 Å². The molecule has 2 amide bonds. The van der Waals surface area contributed by atoms with E-state index < -0.39 is 40.8 Å². The highest BCUT2D eigenvalue weighted by Crippen LogP contribution is 2.43. The standard InChI is InChI=1S/C48H42IN5O5S2/c1-31(2)59-53-39(38-30-61-47(50-38)52-48(35-22-12-5-13-23-35,36-24-14-6-15-25-36)37-26-16-7-17-27-37)43(55)51-40-44(56)54-41(34(28-49)29-60-45(40)54)46(57)58-42(32-18-8-3-9-19-32)33-20-10-4-11-21-33/h3-27,30-31,40,42,45H,28-29H2,1-2H3,(H,50,52)(H,51,55)/b53-39-/t40?,45-/m1/s1. The van der Waals surface area contributed by atoms with Crippen LogP contribution in [0.4, 0.5) is 5.13 Å². The molecule has 61 heavy (non-hydrogen) atoms. The minimum absolute atomic E-state index is 0.0773. The predicted octanol–water partition coefficient (Wildman–Crippen LogP) is 9.10. The Morgan fingerprint density at radius 3 is 1.82 bits per heavy atom. The number of thiazole rings is 1. The molecule has 10 nitrogen and oxygen atoms in total. The zero-order valence-corrected chi connectivity index (χ0v) is 37.1. The molecule has 2 N–H and O–H groups in total. The van der Waals surface area contributed by atoms with Crippen molar-refractivity contribution in [2.75, 3.05) is 15.5 Å². The van der Waals surface area contributed by atoms with Crippen molar-refractivity contribution in [2.24, 2.45) is 5.16 Å².